The van der Waals surface area contributed by atoms with Crippen LogP contribution in [0.4, 0.5) is 0 Å². The highest BCUT2D eigenvalue weighted by Gasteiger charge is 2.43. The van der Waals surface area contributed by atoms with E-state index in [9.17, 15) is 4.79 Å². The summed E-state index contributed by atoms with van der Waals surface area (Å²) in [6, 6.07) is 0. The van der Waals surface area contributed by atoms with Crippen LogP contribution in [0.1, 0.15) is 47.3 Å². The minimum absolute atomic E-state index is 0.00618. The molecule has 6 heteroatoms. The Hall–Kier alpha value is -2.11. The van der Waals surface area contributed by atoms with Crippen molar-refractivity contribution < 1.29 is 4.79 Å². The Morgan fingerprint density at radius 3 is 2.61 bits per heavy atom. The fraction of sp³-hybridized carbons (Fsp3) is 0.588. The van der Waals surface area contributed by atoms with Gasteiger partial charge in [-0.2, -0.15) is 5.10 Å². The standard InChI is InChI=1S/C17H25N5O/c1-5-22-13(3)15(12(2)20-22)16(23)19-10-17(6-7-17)11-21-9-8-18-14(21)4/h8-9H,5-7,10-11H2,1-4H3,(H,19,23). The van der Waals surface area contributed by atoms with Crippen molar-refractivity contribution in [2.45, 2.75) is 53.6 Å². The van der Waals surface area contributed by atoms with Crippen LogP contribution >= 0.6 is 0 Å². The zero-order valence-electron chi connectivity index (χ0n) is 14.4. The molecule has 0 aromatic carbocycles. The summed E-state index contributed by atoms with van der Waals surface area (Å²) in [5, 5.41) is 7.55. The number of imidazole rings is 1. The summed E-state index contributed by atoms with van der Waals surface area (Å²) in [6.07, 6.45) is 6.14. The molecular formula is C17H25N5O. The maximum atomic E-state index is 12.6. The summed E-state index contributed by atoms with van der Waals surface area (Å²) in [7, 11) is 0. The lowest BCUT2D eigenvalue weighted by molar-refractivity contribution is 0.0941. The van der Waals surface area contributed by atoms with E-state index in [2.05, 4.69) is 20.0 Å². The fourth-order valence-electron chi connectivity index (χ4n) is 3.19. The van der Waals surface area contributed by atoms with Crippen molar-refractivity contribution in [1.29, 1.82) is 0 Å². The highest BCUT2D eigenvalue weighted by atomic mass is 16.1. The van der Waals surface area contributed by atoms with Crippen LogP contribution in [-0.4, -0.2) is 31.8 Å². The van der Waals surface area contributed by atoms with Crippen molar-refractivity contribution in [3.63, 3.8) is 0 Å². The third-order valence-electron chi connectivity index (χ3n) is 4.92. The van der Waals surface area contributed by atoms with Gasteiger partial charge in [0.1, 0.15) is 5.82 Å². The molecule has 2 heterocycles. The summed E-state index contributed by atoms with van der Waals surface area (Å²) in [5.74, 6) is 1.02. The summed E-state index contributed by atoms with van der Waals surface area (Å²) in [5.41, 5.74) is 2.65. The van der Waals surface area contributed by atoms with E-state index in [0.717, 1.165) is 48.7 Å². The Morgan fingerprint density at radius 2 is 2.09 bits per heavy atom. The molecule has 124 valence electrons. The first-order chi connectivity index (χ1) is 11.0. The van der Waals surface area contributed by atoms with Crippen LogP contribution in [0.2, 0.25) is 0 Å². The molecule has 0 unspecified atom stereocenters. The summed E-state index contributed by atoms with van der Waals surface area (Å²) >= 11 is 0. The number of carbonyl (C=O) groups is 1. The molecule has 6 nitrogen and oxygen atoms in total. The van der Waals surface area contributed by atoms with Gasteiger partial charge in [0.15, 0.2) is 0 Å². The molecule has 1 aliphatic carbocycles. The lowest BCUT2D eigenvalue weighted by Gasteiger charge is -2.17. The van der Waals surface area contributed by atoms with E-state index in [-0.39, 0.29) is 11.3 Å². The Labute approximate surface area is 136 Å². The molecule has 0 aliphatic heterocycles. The largest absolute Gasteiger partial charge is 0.351 e. The predicted molar refractivity (Wildman–Crippen MR) is 88.3 cm³/mol. The van der Waals surface area contributed by atoms with Gasteiger partial charge in [-0.05, 0) is 40.5 Å². The SMILES string of the molecule is CCn1nc(C)c(C(=O)NCC2(Cn3ccnc3C)CC2)c1C. The van der Waals surface area contributed by atoms with E-state index in [1.807, 2.05) is 44.8 Å². The molecule has 1 fully saturated rings. The molecule has 2 aromatic rings. The second-order valence-corrected chi connectivity index (χ2v) is 6.65. The van der Waals surface area contributed by atoms with Gasteiger partial charge in [-0.1, -0.05) is 0 Å². The number of nitrogens with zero attached hydrogens (tertiary/aromatic N) is 4. The average molecular weight is 315 g/mol. The van der Waals surface area contributed by atoms with Crippen molar-refractivity contribution in [2.75, 3.05) is 6.54 Å². The van der Waals surface area contributed by atoms with Crippen LogP contribution in [0.25, 0.3) is 0 Å². The van der Waals surface area contributed by atoms with E-state index in [1.165, 1.54) is 0 Å². The van der Waals surface area contributed by atoms with E-state index in [4.69, 9.17) is 0 Å². The fourth-order valence-corrected chi connectivity index (χ4v) is 3.19. The first-order valence-electron chi connectivity index (χ1n) is 8.26. The summed E-state index contributed by atoms with van der Waals surface area (Å²) < 4.78 is 4.05. The minimum atomic E-state index is -0.00618. The Balaban J connectivity index is 1.65. The second kappa shape index (κ2) is 5.83. The molecule has 1 aliphatic rings. The summed E-state index contributed by atoms with van der Waals surface area (Å²) in [6.45, 7) is 10.3. The molecule has 0 bridgehead atoms. The van der Waals surface area contributed by atoms with Crippen LogP contribution < -0.4 is 5.32 Å². The Bertz CT molecular complexity index is 723. The normalized spacial score (nSPS) is 15.7. The van der Waals surface area contributed by atoms with Gasteiger partial charge in [0.05, 0.1) is 11.3 Å². The first-order valence-corrected chi connectivity index (χ1v) is 8.26. The molecule has 1 amide bonds. The lowest BCUT2D eigenvalue weighted by atomic mass is 10.1. The predicted octanol–water partition coefficient (Wildman–Crippen LogP) is 2.23. The van der Waals surface area contributed by atoms with Crippen LogP contribution in [-0.2, 0) is 13.1 Å². The van der Waals surface area contributed by atoms with Crippen molar-refractivity contribution in [2.24, 2.45) is 5.41 Å². The van der Waals surface area contributed by atoms with Crippen molar-refractivity contribution in [3.05, 3.63) is 35.2 Å². The Morgan fingerprint density at radius 1 is 1.35 bits per heavy atom. The van der Waals surface area contributed by atoms with Gasteiger partial charge in [0.2, 0.25) is 0 Å². The van der Waals surface area contributed by atoms with Gasteiger partial charge < -0.3 is 9.88 Å². The molecule has 3 rings (SSSR count). The highest BCUT2D eigenvalue weighted by molar-refractivity contribution is 5.96. The van der Waals surface area contributed by atoms with Crippen molar-refractivity contribution >= 4 is 5.91 Å². The maximum Gasteiger partial charge on any atom is 0.255 e. The molecule has 0 radical (unpaired) electrons. The molecular weight excluding hydrogens is 290 g/mol. The molecule has 23 heavy (non-hydrogen) atoms. The summed E-state index contributed by atoms with van der Waals surface area (Å²) in [4.78, 5) is 16.8. The zero-order valence-corrected chi connectivity index (χ0v) is 14.4. The van der Waals surface area contributed by atoms with Crippen LogP contribution in [0.5, 0.6) is 0 Å². The number of aromatic nitrogens is 4. The van der Waals surface area contributed by atoms with E-state index >= 15 is 0 Å². The molecule has 0 atom stereocenters. The zero-order chi connectivity index (χ0) is 16.6. The first kappa shape index (κ1) is 15.8. The molecule has 2 aromatic heterocycles. The highest BCUT2D eigenvalue weighted by Crippen LogP contribution is 2.46. The van der Waals surface area contributed by atoms with Gasteiger partial charge in [-0.3, -0.25) is 9.48 Å². The molecule has 1 N–H and O–H groups in total. The topological polar surface area (TPSA) is 64.7 Å². The number of nitrogens with one attached hydrogen (secondary N) is 1. The number of rotatable bonds is 6. The number of carbonyl (C=O) groups excluding carboxylic acids is 1. The average Bonchev–Trinajstić information content (AvgIpc) is 3.08. The van der Waals surface area contributed by atoms with Gasteiger partial charge >= 0.3 is 0 Å². The van der Waals surface area contributed by atoms with E-state index in [0.29, 0.717) is 6.54 Å². The van der Waals surface area contributed by atoms with Gasteiger partial charge in [0.25, 0.3) is 5.91 Å². The quantitative estimate of drug-likeness (QED) is 0.889. The van der Waals surface area contributed by atoms with Crippen LogP contribution in [0.3, 0.4) is 0 Å². The molecule has 0 spiro atoms. The van der Waals surface area contributed by atoms with Crippen LogP contribution in [0, 0.1) is 26.2 Å². The van der Waals surface area contributed by atoms with Crippen molar-refractivity contribution in [1.82, 2.24) is 24.6 Å². The smallest absolute Gasteiger partial charge is 0.255 e. The maximum absolute atomic E-state index is 12.6. The van der Waals surface area contributed by atoms with Crippen molar-refractivity contribution in [3.8, 4) is 0 Å². The third kappa shape index (κ3) is 3.02. The van der Waals surface area contributed by atoms with Gasteiger partial charge in [-0.25, -0.2) is 4.98 Å². The number of aryl methyl sites for hydroxylation is 3. The number of hydrogen-bond donors (Lipinski definition) is 1. The lowest BCUT2D eigenvalue weighted by Crippen LogP contribution is -2.33. The molecule has 1 saturated carbocycles. The number of hydrogen-bond acceptors (Lipinski definition) is 3. The monoisotopic (exact) mass is 315 g/mol. The Kier molecular flexibility index (Phi) is 4.00. The minimum Gasteiger partial charge on any atom is -0.351 e. The van der Waals surface area contributed by atoms with Gasteiger partial charge in [-0.15, -0.1) is 0 Å². The van der Waals surface area contributed by atoms with Crippen LogP contribution in [0.15, 0.2) is 12.4 Å². The third-order valence-corrected chi connectivity index (χ3v) is 4.92. The van der Waals surface area contributed by atoms with E-state index in [1.54, 1.807) is 0 Å². The van der Waals surface area contributed by atoms with E-state index < -0.39 is 0 Å². The molecule has 0 saturated heterocycles. The number of amides is 1. The second-order valence-electron chi connectivity index (χ2n) is 6.65. The van der Waals surface area contributed by atoms with Gasteiger partial charge in [0, 0.05) is 43.1 Å².